The van der Waals surface area contributed by atoms with Gasteiger partial charge < -0.3 is 10.5 Å². The number of rotatable bonds is 5. The van der Waals surface area contributed by atoms with E-state index in [9.17, 15) is 0 Å². The summed E-state index contributed by atoms with van der Waals surface area (Å²) in [5.74, 6) is 1.62. The minimum absolute atomic E-state index is 0.595. The summed E-state index contributed by atoms with van der Waals surface area (Å²) < 4.78 is 7.73. The largest absolute Gasteiger partial charge is 0.439 e. The van der Waals surface area contributed by atoms with Gasteiger partial charge in [0.1, 0.15) is 5.75 Å². The maximum Gasteiger partial charge on any atom is 0.221 e. The molecule has 0 unspecified atom stereocenters. The molecule has 102 valence electrons. The van der Waals surface area contributed by atoms with Gasteiger partial charge in [-0.25, -0.2) is 4.68 Å². The van der Waals surface area contributed by atoms with Crippen LogP contribution in [-0.2, 0) is 19.9 Å². The third-order valence-electron chi connectivity index (χ3n) is 3.23. The number of benzene rings is 1. The summed E-state index contributed by atoms with van der Waals surface area (Å²) in [5.41, 5.74) is 9.02. The average Bonchev–Trinajstić information content (AvgIpc) is 2.67. The lowest BCUT2D eigenvalue weighted by Gasteiger charge is -2.09. The van der Waals surface area contributed by atoms with Gasteiger partial charge in [-0.15, -0.1) is 0 Å². The first-order valence-electron chi connectivity index (χ1n) is 6.65. The van der Waals surface area contributed by atoms with Crippen LogP contribution in [0.1, 0.15) is 23.7 Å². The van der Waals surface area contributed by atoms with Crippen molar-refractivity contribution in [2.45, 2.75) is 26.7 Å². The van der Waals surface area contributed by atoms with Gasteiger partial charge in [0.2, 0.25) is 5.88 Å². The van der Waals surface area contributed by atoms with Crippen LogP contribution in [0.5, 0.6) is 11.6 Å². The highest BCUT2D eigenvalue weighted by Gasteiger charge is 2.14. The first-order chi connectivity index (χ1) is 9.15. The Balaban J connectivity index is 2.26. The predicted octanol–water partition coefficient (Wildman–Crippen LogP) is 2.58. The van der Waals surface area contributed by atoms with Crippen LogP contribution in [0.15, 0.2) is 24.3 Å². The van der Waals surface area contributed by atoms with Crippen molar-refractivity contribution < 1.29 is 4.74 Å². The molecule has 4 nitrogen and oxygen atoms in total. The van der Waals surface area contributed by atoms with Gasteiger partial charge in [0.15, 0.2) is 0 Å². The number of aryl methyl sites for hydroxylation is 3. The van der Waals surface area contributed by atoms with Gasteiger partial charge >= 0.3 is 0 Å². The molecule has 0 saturated carbocycles. The molecule has 0 aliphatic carbocycles. The Morgan fingerprint density at radius 3 is 2.53 bits per heavy atom. The van der Waals surface area contributed by atoms with E-state index in [0.717, 1.165) is 35.7 Å². The normalized spacial score (nSPS) is 10.7. The molecule has 0 amide bonds. The van der Waals surface area contributed by atoms with E-state index in [1.165, 1.54) is 5.56 Å². The van der Waals surface area contributed by atoms with Gasteiger partial charge in [-0.05, 0) is 44.0 Å². The topological polar surface area (TPSA) is 53.1 Å². The molecule has 19 heavy (non-hydrogen) atoms. The van der Waals surface area contributed by atoms with Gasteiger partial charge in [0.25, 0.3) is 0 Å². The molecule has 0 spiro atoms. The van der Waals surface area contributed by atoms with E-state index in [1.807, 2.05) is 26.1 Å². The fraction of sp³-hybridized carbons (Fsp3) is 0.400. The summed E-state index contributed by atoms with van der Waals surface area (Å²) in [4.78, 5) is 0. The smallest absolute Gasteiger partial charge is 0.221 e. The number of aromatic nitrogens is 2. The van der Waals surface area contributed by atoms with Gasteiger partial charge in [0, 0.05) is 12.6 Å². The minimum Gasteiger partial charge on any atom is -0.439 e. The maximum absolute atomic E-state index is 5.96. The number of hydrogen-bond acceptors (Lipinski definition) is 3. The quantitative estimate of drug-likeness (QED) is 0.898. The fourth-order valence-electron chi connectivity index (χ4n) is 2.15. The molecule has 0 saturated heterocycles. The van der Waals surface area contributed by atoms with Gasteiger partial charge in [-0.3, -0.25) is 0 Å². The second-order valence-corrected chi connectivity index (χ2v) is 4.63. The standard InChI is InChI=1S/C15H21N3O/c1-4-12-5-7-13(8-6-12)19-15-14(9-10-16)11(2)17-18(15)3/h5-8H,4,9-10,16H2,1-3H3. The van der Waals surface area contributed by atoms with Crippen molar-refractivity contribution in [1.82, 2.24) is 9.78 Å². The molecule has 4 heteroatoms. The molecular weight excluding hydrogens is 238 g/mol. The first-order valence-corrected chi connectivity index (χ1v) is 6.65. The summed E-state index contributed by atoms with van der Waals surface area (Å²) >= 11 is 0. The van der Waals surface area contributed by atoms with Crippen molar-refractivity contribution >= 4 is 0 Å². The van der Waals surface area contributed by atoms with Crippen molar-refractivity contribution in [3.05, 3.63) is 41.1 Å². The molecule has 2 N–H and O–H groups in total. The second-order valence-electron chi connectivity index (χ2n) is 4.63. The molecule has 0 bridgehead atoms. The predicted molar refractivity (Wildman–Crippen MR) is 76.6 cm³/mol. The minimum atomic E-state index is 0.595. The first kappa shape index (κ1) is 13.6. The van der Waals surface area contributed by atoms with Crippen LogP contribution in [0.3, 0.4) is 0 Å². The summed E-state index contributed by atoms with van der Waals surface area (Å²) in [7, 11) is 1.89. The van der Waals surface area contributed by atoms with E-state index < -0.39 is 0 Å². The van der Waals surface area contributed by atoms with E-state index >= 15 is 0 Å². The lowest BCUT2D eigenvalue weighted by atomic mass is 10.1. The molecule has 0 fully saturated rings. The Hall–Kier alpha value is -1.81. The number of hydrogen-bond donors (Lipinski definition) is 1. The highest BCUT2D eigenvalue weighted by molar-refractivity contribution is 5.36. The van der Waals surface area contributed by atoms with Crippen molar-refractivity contribution in [3.8, 4) is 11.6 Å². The van der Waals surface area contributed by atoms with E-state index in [1.54, 1.807) is 4.68 Å². The van der Waals surface area contributed by atoms with Crippen molar-refractivity contribution in [2.75, 3.05) is 6.54 Å². The average molecular weight is 259 g/mol. The SMILES string of the molecule is CCc1ccc(Oc2c(CCN)c(C)nn2C)cc1. The van der Waals surface area contributed by atoms with Crippen LogP contribution >= 0.6 is 0 Å². The van der Waals surface area contributed by atoms with Crippen LogP contribution in [0.2, 0.25) is 0 Å². The van der Waals surface area contributed by atoms with E-state index in [0.29, 0.717) is 6.54 Å². The Labute approximate surface area is 114 Å². The fourth-order valence-corrected chi connectivity index (χ4v) is 2.15. The second kappa shape index (κ2) is 5.89. The summed E-state index contributed by atoms with van der Waals surface area (Å²) in [5, 5.41) is 4.40. The highest BCUT2D eigenvalue weighted by atomic mass is 16.5. The Bertz CT molecular complexity index is 543. The van der Waals surface area contributed by atoms with Crippen LogP contribution < -0.4 is 10.5 Å². The number of nitrogens with two attached hydrogens (primary N) is 1. The van der Waals surface area contributed by atoms with Crippen molar-refractivity contribution in [3.63, 3.8) is 0 Å². The van der Waals surface area contributed by atoms with Crippen LogP contribution in [0.25, 0.3) is 0 Å². The lowest BCUT2D eigenvalue weighted by Crippen LogP contribution is -2.05. The van der Waals surface area contributed by atoms with E-state index in [4.69, 9.17) is 10.5 Å². The molecule has 0 radical (unpaired) electrons. The van der Waals surface area contributed by atoms with Crippen LogP contribution in [0.4, 0.5) is 0 Å². The zero-order chi connectivity index (χ0) is 13.8. The molecule has 0 aliphatic rings. The van der Waals surface area contributed by atoms with Crippen molar-refractivity contribution in [2.24, 2.45) is 12.8 Å². The summed E-state index contributed by atoms with van der Waals surface area (Å²) in [6.45, 7) is 4.72. The molecule has 1 aromatic heterocycles. The summed E-state index contributed by atoms with van der Waals surface area (Å²) in [6, 6.07) is 8.16. The zero-order valence-corrected chi connectivity index (χ0v) is 11.8. The monoisotopic (exact) mass is 259 g/mol. The number of ether oxygens (including phenoxy) is 1. The third-order valence-corrected chi connectivity index (χ3v) is 3.23. The molecule has 2 aromatic rings. The maximum atomic E-state index is 5.96. The van der Waals surface area contributed by atoms with Crippen molar-refractivity contribution in [1.29, 1.82) is 0 Å². The molecule has 2 rings (SSSR count). The van der Waals surface area contributed by atoms with Crippen LogP contribution in [0, 0.1) is 6.92 Å². The molecule has 0 atom stereocenters. The highest BCUT2D eigenvalue weighted by Crippen LogP contribution is 2.27. The molecule has 0 aliphatic heterocycles. The Morgan fingerprint density at radius 2 is 1.95 bits per heavy atom. The Morgan fingerprint density at radius 1 is 1.26 bits per heavy atom. The third kappa shape index (κ3) is 2.96. The van der Waals surface area contributed by atoms with Gasteiger partial charge in [-0.1, -0.05) is 19.1 Å². The molecule has 1 heterocycles. The zero-order valence-electron chi connectivity index (χ0n) is 11.8. The lowest BCUT2D eigenvalue weighted by molar-refractivity contribution is 0.426. The van der Waals surface area contributed by atoms with Crippen LogP contribution in [-0.4, -0.2) is 16.3 Å². The number of nitrogens with zero attached hydrogens (tertiary/aromatic N) is 2. The van der Waals surface area contributed by atoms with Gasteiger partial charge in [0.05, 0.1) is 5.69 Å². The van der Waals surface area contributed by atoms with Gasteiger partial charge in [-0.2, -0.15) is 5.10 Å². The Kier molecular flexibility index (Phi) is 4.22. The van der Waals surface area contributed by atoms with E-state index in [2.05, 4.69) is 24.2 Å². The molecule has 1 aromatic carbocycles. The molecular formula is C15H21N3O. The summed E-state index contributed by atoms with van der Waals surface area (Å²) in [6.07, 6.45) is 1.81. The van der Waals surface area contributed by atoms with E-state index in [-0.39, 0.29) is 0 Å².